The lowest BCUT2D eigenvalue weighted by atomic mass is 10.1. The van der Waals surface area contributed by atoms with Crippen LogP contribution >= 0.6 is 11.6 Å². The molecule has 6 nitrogen and oxygen atoms in total. The molecule has 0 aliphatic heterocycles. The fourth-order valence-corrected chi connectivity index (χ4v) is 2.14. The van der Waals surface area contributed by atoms with Crippen molar-refractivity contribution in [2.45, 2.75) is 6.42 Å². The molecule has 2 aromatic rings. The van der Waals surface area contributed by atoms with E-state index in [9.17, 15) is 14.9 Å². The number of benzene rings is 2. The SMILES string of the molecule is CN(CCc1ccc([N+](=O)[O-])cc1)C(=O)Nc1ccccc1Cl. The number of carbonyl (C=O) groups is 1. The Kier molecular flexibility index (Phi) is 5.54. The molecule has 2 rings (SSSR count). The molecule has 0 saturated carbocycles. The van der Waals surface area contributed by atoms with Gasteiger partial charge in [0.05, 0.1) is 15.6 Å². The lowest BCUT2D eigenvalue weighted by Gasteiger charge is -2.18. The van der Waals surface area contributed by atoms with Crippen LogP contribution in [0.25, 0.3) is 0 Å². The van der Waals surface area contributed by atoms with Gasteiger partial charge >= 0.3 is 6.03 Å². The number of nitro groups is 1. The summed E-state index contributed by atoms with van der Waals surface area (Å²) in [5.41, 5.74) is 1.54. The first-order chi connectivity index (χ1) is 11.0. The van der Waals surface area contributed by atoms with Crippen LogP contribution < -0.4 is 5.32 Å². The first kappa shape index (κ1) is 16.8. The van der Waals surface area contributed by atoms with E-state index in [1.807, 2.05) is 0 Å². The molecule has 0 spiro atoms. The Morgan fingerprint density at radius 3 is 2.48 bits per heavy atom. The van der Waals surface area contributed by atoms with Gasteiger partial charge < -0.3 is 10.2 Å². The van der Waals surface area contributed by atoms with Crippen LogP contribution in [0, 0.1) is 10.1 Å². The third-order valence-electron chi connectivity index (χ3n) is 3.35. The molecule has 0 aliphatic rings. The summed E-state index contributed by atoms with van der Waals surface area (Å²) >= 11 is 6.00. The van der Waals surface area contributed by atoms with E-state index >= 15 is 0 Å². The fraction of sp³-hybridized carbons (Fsp3) is 0.188. The zero-order chi connectivity index (χ0) is 16.8. The summed E-state index contributed by atoms with van der Waals surface area (Å²) < 4.78 is 0. The number of non-ortho nitro benzene ring substituents is 1. The van der Waals surface area contributed by atoms with Crippen molar-refractivity contribution in [2.75, 3.05) is 18.9 Å². The number of rotatable bonds is 5. The molecule has 0 atom stereocenters. The number of urea groups is 1. The van der Waals surface area contributed by atoms with Gasteiger partial charge in [-0.05, 0) is 24.1 Å². The van der Waals surface area contributed by atoms with Crippen molar-refractivity contribution in [1.82, 2.24) is 4.90 Å². The van der Waals surface area contributed by atoms with E-state index in [2.05, 4.69) is 5.32 Å². The molecular weight excluding hydrogens is 318 g/mol. The number of nitrogens with one attached hydrogen (secondary N) is 1. The van der Waals surface area contributed by atoms with Crippen molar-refractivity contribution in [3.05, 3.63) is 69.2 Å². The molecule has 1 N–H and O–H groups in total. The minimum atomic E-state index is -0.438. The van der Waals surface area contributed by atoms with E-state index in [1.165, 1.54) is 17.0 Å². The van der Waals surface area contributed by atoms with Crippen LogP contribution in [0.1, 0.15) is 5.56 Å². The van der Waals surface area contributed by atoms with E-state index in [1.54, 1.807) is 43.4 Å². The number of anilines is 1. The summed E-state index contributed by atoms with van der Waals surface area (Å²) in [6, 6.07) is 13.0. The Morgan fingerprint density at radius 2 is 1.87 bits per heavy atom. The van der Waals surface area contributed by atoms with Gasteiger partial charge in [-0.15, -0.1) is 0 Å². The second-order valence-electron chi connectivity index (χ2n) is 5.01. The largest absolute Gasteiger partial charge is 0.327 e. The molecule has 23 heavy (non-hydrogen) atoms. The second-order valence-corrected chi connectivity index (χ2v) is 5.41. The van der Waals surface area contributed by atoms with E-state index in [0.717, 1.165) is 5.56 Å². The van der Waals surface area contributed by atoms with Crippen LogP contribution in [0.5, 0.6) is 0 Å². The standard InChI is InChI=1S/C16H16ClN3O3/c1-19(16(21)18-15-5-3-2-4-14(15)17)11-10-12-6-8-13(9-7-12)20(22)23/h2-9H,10-11H2,1H3,(H,18,21). The summed E-state index contributed by atoms with van der Waals surface area (Å²) in [6.45, 7) is 0.480. The van der Waals surface area contributed by atoms with Crippen molar-refractivity contribution in [2.24, 2.45) is 0 Å². The minimum absolute atomic E-state index is 0.0542. The van der Waals surface area contributed by atoms with Crippen LogP contribution in [-0.2, 0) is 6.42 Å². The Hall–Kier alpha value is -2.60. The van der Waals surface area contributed by atoms with Gasteiger partial charge in [-0.2, -0.15) is 0 Å². The van der Waals surface area contributed by atoms with Crippen molar-refractivity contribution in [1.29, 1.82) is 0 Å². The molecule has 120 valence electrons. The number of para-hydroxylation sites is 1. The highest BCUT2D eigenvalue weighted by Gasteiger charge is 2.11. The first-order valence-corrected chi connectivity index (χ1v) is 7.35. The predicted octanol–water partition coefficient (Wildman–Crippen LogP) is 3.95. The number of nitrogens with zero attached hydrogens (tertiary/aromatic N) is 2. The molecule has 0 aromatic heterocycles. The van der Waals surface area contributed by atoms with Crippen LogP contribution in [0.15, 0.2) is 48.5 Å². The van der Waals surface area contributed by atoms with Crippen LogP contribution in [0.3, 0.4) is 0 Å². The minimum Gasteiger partial charge on any atom is -0.327 e. The number of nitro benzene ring substituents is 1. The molecule has 2 aromatic carbocycles. The zero-order valence-electron chi connectivity index (χ0n) is 12.5. The Balaban J connectivity index is 1.89. The number of hydrogen-bond donors (Lipinski definition) is 1. The number of carbonyl (C=O) groups excluding carboxylic acids is 1. The topological polar surface area (TPSA) is 75.5 Å². The molecule has 0 radical (unpaired) electrons. The maximum atomic E-state index is 12.1. The lowest BCUT2D eigenvalue weighted by molar-refractivity contribution is -0.384. The van der Waals surface area contributed by atoms with E-state index in [-0.39, 0.29) is 11.7 Å². The highest BCUT2D eigenvalue weighted by atomic mass is 35.5. The number of likely N-dealkylation sites (N-methyl/N-ethyl adjacent to an activating group) is 1. The molecule has 7 heteroatoms. The predicted molar refractivity (Wildman–Crippen MR) is 89.9 cm³/mol. The van der Waals surface area contributed by atoms with Gasteiger partial charge in [-0.25, -0.2) is 4.79 Å². The Bertz CT molecular complexity index is 704. The van der Waals surface area contributed by atoms with Gasteiger partial charge in [-0.3, -0.25) is 10.1 Å². The summed E-state index contributed by atoms with van der Waals surface area (Å²) in [5, 5.41) is 13.8. The van der Waals surface area contributed by atoms with Crippen LogP contribution in [-0.4, -0.2) is 29.4 Å². The average Bonchev–Trinajstić information content (AvgIpc) is 2.55. The van der Waals surface area contributed by atoms with E-state index in [4.69, 9.17) is 11.6 Å². The Morgan fingerprint density at radius 1 is 1.22 bits per heavy atom. The van der Waals surface area contributed by atoms with Gasteiger partial charge in [0.15, 0.2) is 0 Å². The number of halogens is 1. The zero-order valence-corrected chi connectivity index (χ0v) is 13.3. The van der Waals surface area contributed by atoms with Gasteiger partial charge in [0.1, 0.15) is 0 Å². The third kappa shape index (κ3) is 4.69. The van der Waals surface area contributed by atoms with Crippen molar-refractivity contribution < 1.29 is 9.72 Å². The molecular formula is C16H16ClN3O3. The maximum absolute atomic E-state index is 12.1. The summed E-state index contributed by atoms with van der Waals surface area (Å²) in [6.07, 6.45) is 0.602. The van der Waals surface area contributed by atoms with Crippen LogP contribution in [0.4, 0.5) is 16.2 Å². The second kappa shape index (κ2) is 7.60. The van der Waals surface area contributed by atoms with Crippen molar-refractivity contribution >= 4 is 29.0 Å². The van der Waals surface area contributed by atoms with E-state index < -0.39 is 4.92 Å². The summed E-state index contributed by atoms with van der Waals surface area (Å²) in [5.74, 6) is 0. The quantitative estimate of drug-likeness (QED) is 0.664. The maximum Gasteiger partial charge on any atom is 0.321 e. The molecule has 2 amide bonds. The van der Waals surface area contributed by atoms with E-state index in [0.29, 0.717) is 23.7 Å². The molecule has 0 heterocycles. The normalized spacial score (nSPS) is 10.2. The highest BCUT2D eigenvalue weighted by Crippen LogP contribution is 2.20. The average molecular weight is 334 g/mol. The Labute approximate surface area is 138 Å². The third-order valence-corrected chi connectivity index (χ3v) is 3.67. The summed E-state index contributed by atoms with van der Waals surface area (Å²) in [4.78, 5) is 23.8. The molecule has 0 aliphatic carbocycles. The monoisotopic (exact) mass is 333 g/mol. The molecule has 0 bridgehead atoms. The first-order valence-electron chi connectivity index (χ1n) is 6.97. The molecule has 0 unspecified atom stereocenters. The lowest BCUT2D eigenvalue weighted by Crippen LogP contribution is -2.33. The van der Waals surface area contributed by atoms with Crippen molar-refractivity contribution in [3.8, 4) is 0 Å². The molecule has 0 fully saturated rings. The number of hydrogen-bond acceptors (Lipinski definition) is 3. The van der Waals surface area contributed by atoms with Crippen molar-refractivity contribution in [3.63, 3.8) is 0 Å². The molecule has 0 saturated heterocycles. The van der Waals surface area contributed by atoms with Gasteiger partial charge in [0.25, 0.3) is 5.69 Å². The number of amides is 2. The highest BCUT2D eigenvalue weighted by molar-refractivity contribution is 6.33. The smallest absolute Gasteiger partial charge is 0.321 e. The fourth-order valence-electron chi connectivity index (χ4n) is 1.96. The van der Waals surface area contributed by atoms with Gasteiger partial charge in [-0.1, -0.05) is 35.9 Å². The summed E-state index contributed by atoms with van der Waals surface area (Å²) in [7, 11) is 1.68. The van der Waals surface area contributed by atoms with Crippen LogP contribution in [0.2, 0.25) is 5.02 Å². The van der Waals surface area contributed by atoms with Gasteiger partial charge in [0.2, 0.25) is 0 Å². The van der Waals surface area contributed by atoms with Gasteiger partial charge in [0, 0.05) is 25.7 Å².